The van der Waals surface area contributed by atoms with E-state index in [1.807, 2.05) is 18.2 Å². The summed E-state index contributed by atoms with van der Waals surface area (Å²) in [6.45, 7) is 9.59. The van der Waals surface area contributed by atoms with Crippen molar-refractivity contribution in [2.45, 2.75) is 84.0 Å². The van der Waals surface area contributed by atoms with Gasteiger partial charge in [0.1, 0.15) is 18.2 Å². The molecule has 1 aromatic carbocycles. The number of Topliss-reactive ketones (excluding diaryl/α,β-unsaturated/α-hetero) is 1. The summed E-state index contributed by atoms with van der Waals surface area (Å²) in [6.07, 6.45) is 0.922. The molecule has 0 radical (unpaired) electrons. The van der Waals surface area contributed by atoms with E-state index in [0.717, 1.165) is 16.7 Å². The standard InChI is InChI=1S/C29H39N5O7/c1-28(2,3)41-27(39)34(29(4,5)16-22(35)32-15-13-19-10-7-8-11-20(19)17-32)18-23(36)33-14-9-12-21(33)24(37)25-30-31(6)26(38)40-25/h7-8,10-11,21H,9,12-18H2,1-6H3/t21-/m0/s1. The molecule has 3 heterocycles. The number of nitrogens with zero attached hydrogens (tertiary/aromatic N) is 5. The van der Waals surface area contributed by atoms with Gasteiger partial charge in [-0.3, -0.25) is 19.3 Å². The summed E-state index contributed by atoms with van der Waals surface area (Å²) in [7, 11) is 1.37. The summed E-state index contributed by atoms with van der Waals surface area (Å²) >= 11 is 0. The molecule has 0 unspecified atom stereocenters. The molecular weight excluding hydrogens is 530 g/mol. The fraction of sp³-hybridized carbons (Fsp3) is 0.586. The van der Waals surface area contributed by atoms with Gasteiger partial charge >= 0.3 is 11.8 Å². The lowest BCUT2D eigenvalue weighted by Crippen LogP contribution is -2.56. The molecule has 0 spiro atoms. The van der Waals surface area contributed by atoms with Gasteiger partial charge in [-0.05, 0) is 65.0 Å². The molecule has 2 aliphatic heterocycles. The van der Waals surface area contributed by atoms with Crippen molar-refractivity contribution in [3.05, 3.63) is 51.8 Å². The third-order valence-electron chi connectivity index (χ3n) is 7.48. The van der Waals surface area contributed by atoms with E-state index in [0.29, 0.717) is 32.5 Å². The smallest absolute Gasteiger partial charge is 0.437 e. The van der Waals surface area contributed by atoms with Gasteiger partial charge < -0.3 is 19.0 Å². The first kappa shape index (κ1) is 30.0. The van der Waals surface area contributed by atoms with Gasteiger partial charge in [-0.15, -0.1) is 5.10 Å². The van der Waals surface area contributed by atoms with E-state index in [1.54, 1.807) is 39.5 Å². The van der Waals surface area contributed by atoms with E-state index >= 15 is 0 Å². The Morgan fingerprint density at radius 3 is 2.37 bits per heavy atom. The monoisotopic (exact) mass is 569 g/mol. The maximum atomic E-state index is 13.6. The first-order chi connectivity index (χ1) is 19.2. The number of fused-ring (bicyclic) bond motifs is 1. The summed E-state index contributed by atoms with van der Waals surface area (Å²) in [5, 5.41) is 3.83. The van der Waals surface area contributed by atoms with Crippen molar-refractivity contribution in [2.75, 3.05) is 19.6 Å². The van der Waals surface area contributed by atoms with Gasteiger partial charge in [-0.2, -0.15) is 4.68 Å². The molecule has 1 atom stereocenters. The van der Waals surface area contributed by atoms with E-state index in [9.17, 15) is 24.0 Å². The molecule has 4 rings (SSSR count). The van der Waals surface area contributed by atoms with E-state index < -0.39 is 47.3 Å². The van der Waals surface area contributed by atoms with Crippen molar-refractivity contribution < 1.29 is 28.3 Å². The summed E-state index contributed by atoms with van der Waals surface area (Å²) in [5.74, 6) is -2.32. The second-order valence-electron chi connectivity index (χ2n) is 12.3. The van der Waals surface area contributed by atoms with Crippen molar-refractivity contribution >= 4 is 23.7 Å². The lowest BCUT2D eigenvalue weighted by Gasteiger charge is -2.41. The molecule has 2 aromatic rings. The number of rotatable bonds is 7. The third-order valence-corrected chi connectivity index (χ3v) is 7.48. The van der Waals surface area contributed by atoms with Crippen LogP contribution in [-0.4, -0.2) is 85.0 Å². The number of aryl methyl sites for hydroxylation is 1. The van der Waals surface area contributed by atoms with Gasteiger partial charge in [0.2, 0.25) is 17.6 Å². The number of aromatic nitrogens is 2. The Labute approximate surface area is 239 Å². The topological polar surface area (TPSA) is 135 Å². The minimum atomic E-state index is -1.08. The number of ether oxygens (including phenoxy) is 1. The molecule has 222 valence electrons. The van der Waals surface area contributed by atoms with Gasteiger partial charge in [0, 0.05) is 38.6 Å². The molecule has 41 heavy (non-hydrogen) atoms. The van der Waals surface area contributed by atoms with Crippen LogP contribution in [0.1, 0.15) is 75.7 Å². The normalized spacial score (nSPS) is 17.3. The number of likely N-dealkylation sites (tertiary alicyclic amines) is 1. The Morgan fingerprint density at radius 2 is 1.73 bits per heavy atom. The molecule has 1 fully saturated rings. The predicted molar refractivity (Wildman–Crippen MR) is 148 cm³/mol. The maximum absolute atomic E-state index is 13.6. The van der Waals surface area contributed by atoms with Gasteiger partial charge in [-0.1, -0.05) is 24.3 Å². The Kier molecular flexibility index (Phi) is 8.41. The highest BCUT2D eigenvalue weighted by Crippen LogP contribution is 2.27. The van der Waals surface area contributed by atoms with Crippen LogP contribution < -0.4 is 5.76 Å². The summed E-state index contributed by atoms with van der Waals surface area (Å²) in [5.41, 5.74) is 0.394. The zero-order chi connectivity index (χ0) is 30.1. The second-order valence-corrected chi connectivity index (χ2v) is 12.3. The number of carbonyl (C=O) groups excluding carboxylic acids is 4. The number of amides is 3. The van der Waals surface area contributed by atoms with Crippen LogP contribution >= 0.6 is 0 Å². The first-order valence-electron chi connectivity index (χ1n) is 13.9. The average molecular weight is 570 g/mol. The molecule has 0 aliphatic carbocycles. The molecule has 3 amide bonds. The number of ketones is 1. The van der Waals surface area contributed by atoms with E-state index in [2.05, 4.69) is 11.2 Å². The van der Waals surface area contributed by atoms with E-state index in [-0.39, 0.29) is 18.2 Å². The van der Waals surface area contributed by atoms with Crippen LogP contribution in [-0.2, 0) is 34.3 Å². The largest absolute Gasteiger partial charge is 0.444 e. The van der Waals surface area contributed by atoms with Crippen molar-refractivity contribution in [3.63, 3.8) is 0 Å². The van der Waals surface area contributed by atoms with Crippen LogP contribution in [0, 0.1) is 0 Å². The fourth-order valence-corrected chi connectivity index (χ4v) is 5.28. The zero-order valence-electron chi connectivity index (χ0n) is 24.6. The van der Waals surface area contributed by atoms with Crippen LogP contribution in [0.5, 0.6) is 0 Å². The van der Waals surface area contributed by atoms with E-state index in [1.165, 1.54) is 22.4 Å². The van der Waals surface area contributed by atoms with Gasteiger partial charge in [0.05, 0.1) is 0 Å². The lowest BCUT2D eigenvalue weighted by atomic mass is 9.95. The highest BCUT2D eigenvalue weighted by atomic mass is 16.6. The Bertz CT molecular complexity index is 1390. The van der Waals surface area contributed by atoms with Crippen molar-refractivity contribution in [3.8, 4) is 0 Å². The van der Waals surface area contributed by atoms with Crippen molar-refractivity contribution in [1.82, 2.24) is 24.5 Å². The Morgan fingerprint density at radius 1 is 1.05 bits per heavy atom. The fourth-order valence-electron chi connectivity index (χ4n) is 5.28. The molecule has 12 nitrogen and oxygen atoms in total. The molecule has 2 aliphatic rings. The maximum Gasteiger partial charge on any atom is 0.437 e. The minimum Gasteiger partial charge on any atom is -0.444 e. The van der Waals surface area contributed by atoms with Gasteiger partial charge in [0.25, 0.3) is 5.89 Å². The van der Waals surface area contributed by atoms with Crippen LogP contribution in [0.4, 0.5) is 4.79 Å². The number of hydrogen-bond acceptors (Lipinski definition) is 8. The van der Waals surface area contributed by atoms with Crippen LogP contribution in [0.25, 0.3) is 0 Å². The summed E-state index contributed by atoms with van der Waals surface area (Å²) in [4.78, 5) is 69.7. The Hall–Kier alpha value is -3.96. The number of carbonyl (C=O) groups is 4. The molecule has 1 aromatic heterocycles. The minimum absolute atomic E-state index is 0.0247. The second kappa shape index (κ2) is 11.5. The van der Waals surface area contributed by atoms with Crippen LogP contribution in [0.2, 0.25) is 0 Å². The zero-order valence-corrected chi connectivity index (χ0v) is 24.6. The predicted octanol–water partition coefficient (Wildman–Crippen LogP) is 2.54. The Balaban J connectivity index is 1.52. The van der Waals surface area contributed by atoms with Crippen molar-refractivity contribution in [1.29, 1.82) is 0 Å². The van der Waals surface area contributed by atoms with Gasteiger partial charge in [-0.25, -0.2) is 9.59 Å². The van der Waals surface area contributed by atoms with E-state index in [4.69, 9.17) is 9.15 Å². The first-order valence-corrected chi connectivity index (χ1v) is 13.9. The molecule has 0 bridgehead atoms. The molecular formula is C29H39N5O7. The van der Waals surface area contributed by atoms with Crippen LogP contribution in [0.3, 0.4) is 0 Å². The molecule has 1 saturated heterocycles. The molecule has 0 N–H and O–H groups in total. The molecule has 0 saturated carbocycles. The highest BCUT2D eigenvalue weighted by molar-refractivity contribution is 5.99. The average Bonchev–Trinajstić information content (AvgIpc) is 3.51. The molecule has 12 heteroatoms. The SMILES string of the molecule is Cn1nc(C(=O)[C@@H]2CCCN2C(=O)CN(C(=O)OC(C)(C)C)C(C)(C)CC(=O)N2CCc3ccccc3C2)oc1=O. The number of benzene rings is 1. The summed E-state index contributed by atoms with van der Waals surface area (Å²) < 4.78 is 11.5. The number of hydrogen-bond donors (Lipinski definition) is 0. The quantitative estimate of drug-likeness (QED) is 0.464. The highest BCUT2D eigenvalue weighted by Gasteiger charge is 2.42. The van der Waals surface area contributed by atoms with Crippen molar-refractivity contribution in [2.24, 2.45) is 7.05 Å². The third kappa shape index (κ3) is 6.86. The van der Waals surface area contributed by atoms with Gasteiger partial charge in [0.15, 0.2) is 0 Å². The lowest BCUT2D eigenvalue weighted by molar-refractivity contribution is -0.138. The summed E-state index contributed by atoms with van der Waals surface area (Å²) in [6, 6.07) is 7.13. The van der Waals surface area contributed by atoms with Crippen LogP contribution in [0.15, 0.2) is 33.5 Å².